The summed E-state index contributed by atoms with van der Waals surface area (Å²) in [5, 5.41) is 2.84. The first-order valence-corrected chi connectivity index (χ1v) is 10.6. The van der Waals surface area contributed by atoms with Crippen LogP contribution in [0.4, 0.5) is 5.69 Å². The Kier molecular flexibility index (Phi) is 6.62. The highest BCUT2D eigenvalue weighted by atomic mass is 16.5. The number of carbonyl (C=O) groups excluding carboxylic acids is 2. The second-order valence-corrected chi connectivity index (χ2v) is 7.65. The zero-order valence-electron chi connectivity index (χ0n) is 17.4. The number of para-hydroxylation sites is 2. The molecule has 3 aromatic rings. The molecule has 0 radical (unpaired) electrons. The lowest BCUT2D eigenvalue weighted by molar-refractivity contribution is -0.118. The molecule has 158 valence electrons. The number of nitrogens with one attached hydrogen (secondary N) is 1. The summed E-state index contributed by atoms with van der Waals surface area (Å²) in [5.41, 5.74) is 3.23. The molecular formula is C26H26N2O3. The van der Waals surface area contributed by atoms with Gasteiger partial charge in [-0.15, -0.1) is 0 Å². The molecule has 5 nitrogen and oxygen atoms in total. The van der Waals surface area contributed by atoms with Gasteiger partial charge in [-0.2, -0.15) is 0 Å². The van der Waals surface area contributed by atoms with Crippen LogP contribution in [0.3, 0.4) is 0 Å². The molecule has 0 unspecified atom stereocenters. The highest BCUT2D eigenvalue weighted by Gasteiger charge is 2.22. The number of hydrogen-bond acceptors (Lipinski definition) is 3. The molecule has 1 saturated heterocycles. The molecule has 0 spiro atoms. The quantitative estimate of drug-likeness (QED) is 0.618. The maximum atomic E-state index is 12.8. The Labute approximate surface area is 182 Å². The highest BCUT2D eigenvalue weighted by molar-refractivity contribution is 6.04. The molecule has 2 amide bonds. The Balaban J connectivity index is 1.40. The Bertz CT molecular complexity index is 1040. The summed E-state index contributed by atoms with van der Waals surface area (Å²) in [6.45, 7) is 1.41. The molecule has 0 aromatic heterocycles. The van der Waals surface area contributed by atoms with Gasteiger partial charge in [0.05, 0.1) is 11.3 Å². The molecule has 1 heterocycles. The minimum absolute atomic E-state index is 0.0393. The van der Waals surface area contributed by atoms with Crippen LogP contribution in [-0.2, 0) is 11.2 Å². The average molecular weight is 415 g/mol. The number of benzene rings is 3. The molecule has 5 heteroatoms. The second kappa shape index (κ2) is 9.94. The van der Waals surface area contributed by atoms with Gasteiger partial charge in [-0.3, -0.25) is 9.59 Å². The first-order chi connectivity index (χ1) is 15.2. The molecule has 1 aliphatic rings. The van der Waals surface area contributed by atoms with Crippen molar-refractivity contribution < 1.29 is 14.3 Å². The molecule has 1 aliphatic heterocycles. The standard InChI is InChI=1S/C26H26N2O3/c29-25(27-23-14-6-5-13-22(23)26(30)28-16-8-9-17-28)19-31-24-15-7-4-12-21(24)18-20-10-2-1-3-11-20/h1-7,10-15H,8-9,16-19H2,(H,27,29). The number of amides is 2. The summed E-state index contributed by atoms with van der Waals surface area (Å²) in [4.78, 5) is 27.2. The summed E-state index contributed by atoms with van der Waals surface area (Å²) >= 11 is 0. The van der Waals surface area contributed by atoms with Gasteiger partial charge in [0.25, 0.3) is 11.8 Å². The monoisotopic (exact) mass is 414 g/mol. The van der Waals surface area contributed by atoms with E-state index in [1.54, 1.807) is 12.1 Å². The summed E-state index contributed by atoms with van der Waals surface area (Å²) < 4.78 is 5.84. The lowest BCUT2D eigenvalue weighted by atomic mass is 10.0. The molecule has 1 fully saturated rings. The van der Waals surface area contributed by atoms with Crippen LogP contribution in [0, 0.1) is 0 Å². The lowest BCUT2D eigenvalue weighted by Crippen LogP contribution is -2.29. The minimum Gasteiger partial charge on any atom is -0.483 e. The minimum atomic E-state index is -0.295. The maximum absolute atomic E-state index is 12.8. The SMILES string of the molecule is O=C(COc1ccccc1Cc1ccccc1)Nc1ccccc1C(=O)N1CCCC1. The first kappa shape index (κ1) is 20.7. The van der Waals surface area contributed by atoms with Crippen molar-refractivity contribution in [3.05, 3.63) is 95.6 Å². The molecule has 0 atom stereocenters. The number of nitrogens with zero attached hydrogens (tertiary/aromatic N) is 1. The van der Waals surface area contributed by atoms with Crippen LogP contribution in [0.15, 0.2) is 78.9 Å². The predicted octanol–water partition coefficient (Wildman–Crippen LogP) is 4.53. The number of likely N-dealkylation sites (tertiary alicyclic amines) is 1. The van der Waals surface area contributed by atoms with Gasteiger partial charge in [-0.05, 0) is 42.2 Å². The molecular weight excluding hydrogens is 388 g/mol. The van der Waals surface area contributed by atoms with Crippen LogP contribution >= 0.6 is 0 Å². The van der Waals surface area contributed by atoms with Gasteiger partial charge in [0, 0.05) is 19.5 Å². The van der Waals surface area contributed by atoms with Crippen LogP contribution in [0.1, 0.15) is 34.3 Å². The van der Waals surface area contributed by atoms with E-state index in [2.05, 4.69) is 17.4 Å². The van der Waals surface area contributed by atoms with Crippen molar-refractivity contribution in [3.8, 4) is 5.75 Å². The summed E-state index contributed by atoms with van der Waals surface area (Å²) in [7, 11) is 0. The topological polar surface area (TPSA) is 58.6 Å². The number of ether oxygens (including phenoxy) is 1. The van der Waals surface area contributed by atoms with Gasteiger partial charge >= 0.3 is 0 Å². The third-order valence-electron chi connectivity index (χ3n) is 5.39. The van der Waals surface area contributed by atoms with Gasteiger partial charge in [-0.25, -0.2) is 0 Å². The van der Waals surface area contributed by atoms with E-state index in [1.165, 1.54) is 5.56 Å². The highest BCUT2D eigenvalue weighted by Crippen LogP contribution is 2.23. The molecule has 0 saturated carbocycles. The Morgan fingerprint density at radius 3 is 2.32 bits per heavy atom. The van der Waals surface area contributed by atoms with Gasteiger partial charge in [0.1, 0.15) is 5.75 Å². The maximum Gasteiger partial charge on any atom is 0.262 e. The van der Waals surface area contributed by atoms with Crippen LogP contribution < -0.4 is 10.1 Å². The molecule has 3 aromatic carbocycles. The van der Waals surface area contributed by atoms with Crippen LogP contribution in [0.2, 0.25) is 0 Å². The van der Waals surface area contributed by atoms with Crippen molar-refractivity contribution in [2.24, 2.45) is 0 Å². The van der Waals surface area contributed by atoms with Crippen molar-refractivity contribution in [1.29, 1.82) is 0 Å². The van der Waals surface area contributed by atoms with Crippen molar-refractivity contribution in [1.82, 2.24) is 4.90 Å². The fraction of sp³-hybridized carbons (Fsp3) is 0.231. The summed E-state index contributed by atoms with van der Waals surface area (Å²) in [6, 6.07) is 25.0. The van der Waals surface area contributed by atoms with E-state index < -0.39 is 0 Å². The van der Waals surface area contributed by atoms with Crippen molar-refractivity contribution >= 4 is 17.5 Å². The fourth-order valence-electron chi connectivity index (χ4n) is 3.81. The zero-order chi connectivity index (χ0) is 21.5. The van der Waals surface area contributed by atoms with Crippen LogP contribution in [0.25, 0.3) is 0 Å². The zero-order valence-corrected chi connectivity index (χ0v) is 17.4. The van der Waals surface area contributed by atoms with Crippen LogP contribution in [0.5, 0.6) is 5.75 Å². The molecule has 4 rings (SSSR count). The van der Waals surface area contributed by atoms with E-state index in [4.69, 9.17) is 4.74 Å². The van der Waals surface area contributed by atoms with E-state index in [-0.39, 0.29) is 18.4 Å². The van der Waals surface area contributed by atoms with Crippen molar-refractivity contribution in [2.75, 3.05) is 25.0 Å². The fourth-order valence-corrected chi connectivity index (χ4v) is 3.81. The smallest absolute Gasteiger partial charge is 0.262 e. The first-order valence-electron chi connectivity index (χ1n) is 10.6. The Hall–Kier alpha value is -3.60. The number of anilines is 1. The normalized spacial score (nSPS) is 13.1. The summed E-state index contributed by atoms with van der Waals surface area (Å²) in [6.07, 6.45) is 2.78. The van der Waals surface area contributed by atoms with Gasteiger partial charge in [0.2, 0.25) is 0 Å². The van der Waals surface area contributed by atoms with Crippen molar-refractivity contribution in [2.45, 2.75) is 19.3 Å². The lowest BCUT2D eigenvalue weighted by Gasteiger charge is -2.18. The predicted molar refractivity (Wildman–Crippen MR) is 121 cm³/mol. The molecule has 31 heavy (non-hydrogen) atoms. The molecule has 0 bridgehead atoms. The van der Waals surface area contributed by atoms with Gasteiger partial charge < -0.3 is 15.0 Å². The van der Waals surface area contributed by atoms with E-state index in [0.717, 1.165) is 37.9 Å². The van der Waals surface area contributed by atoms with Gasteiger partial charge in [-0.1, -0.05) is 60.7 Å². The van der Waals surface area contributed by atoms with E-state index >= 15 is 0 Å². The third-order valence-corrected chi connectivity index (χ3v) is 5.39. The van der Waals surface area contributed by atoms with Crippen molar-refractivity contribution in [3.63, 3.8) is 0 Å². The average Bonchev–Trinajstić information content (AvgIpc) is 3.34. The number of rotatable bonds is 7. The molecule has 1 N–H and O–H groups in total. The van der Waals surface area contributed by atoms with Gasteiger partial charge in [0.15, 0.2) is 6.61 Å². The number of hydrogen-bond donors (Lipinski definition) is 1. The number of carbonyl (C=O) groups is 2. The van der Waals surface area contributed by atoms with E-state index in [9.17, 15) is 9.59 Å². The third kappa shape index (κ3) is 5.31. The Morgan fingerprint density at radius 2 is 1.52 bits per heavy atom. The largest absolute Gasteiger partial charge is 0.483 e. The van der Waals surface area contributed by atoms with E-state index in [0.29, 0.717) is 17.0 Å². The summed E-state index contributed by atoms with van der Waals surface area (Å²) in [5.74, 6) is 0.349. The Morgan fingerprint density at radius 1 is 0.839 bits per heavy atom. The second-order valence-electron chi connectivity index (χ2n) is 7.65. The van der Waals surface area contributed by atoms with Crippen LogP contribution in [-0.4, -0.2) is 36.4 Å². The molecule has 0 aliphatic carbocycles. The van der Waals surface area contributed by atoms with E-state index in [1.807, 2.05) is 59.5 Å².